The van der Waals surface area contributed by atoms with Gasteiger partial charge >= 0.3 is 0 Å². The Morgan fingerprint density at radius 1 is 0.757 bits per heavy atom. The molecule has 0 N–H and O–H groups in total. The molecule has 2 aliphatic rings. The maximum Gasteiger partial charge on any atom is 0.160 e. The molecular formula is C34H25NO2. The van der Waals surface area contributed by atoms with Crippen molar-refractivity contribution in [2.45, 2.75) is 38.2 Å². The van der Waals surface area contributed by atoms with E-state index in [-0.39, 0.29) is 17.4 Å². The molecule has 3 aromatic heterocycles. The van der Waals surface area contributed by atoms with E-state index >= 15 is 0 Å². The van der Waals surface area contributed by atoms with Crippen LogP contribution in [-0.2, 0) is 5.41 Å². The molecule has 0 saturated carbocycles. The smallest absolute Gasteiger partial charge is 0.160 e. The Labute approximate surface area is 213 Å². The van der Waals surface area contributed by atoms with Crippen molar-refractivity contribution in [3.05, 3.63) is 101 Å². The molecule has 9 rings (SSSR count). The van der Waals surface area contributed by atoms with Crippen LogP contribution in [0, 0.1) is 0 Å². The molecule has 4 heterocycles. The van der Waals surface area contributed by atoms with Gasteiger partial charge in [-0.3, -0.25) is 0 Å². The second-order valence-electron chi connectivity index (χ2n) is 11.7. The number of furan rings is 1. The Bertz CT molecular complexity index is 2110. The highest BCUT2D eigenvalue weighted by Crippen LogP contribution is 2.54. The van der Waals surface area contributed by atoms with Gasteiger partial charge in [0.25, 0.3) is 0 Å². The highest BCUT2D eigenvalue weighted by molar-refractivity contribution is 6.24. The summed E-state index contributed by atoms with van der Waals surface area (Å²) in [5.41, 5.74) is 9.45. The Morgan fingerprint density at radius 2 is 1.54 bits per heavy atom. The average Bonchev–Trinajstić information content (AvgIpc) is 3.63. The summed E-state index contributed by atoms with van der Waals surface area (Å²) in [6.45, 7) is 6.89. The van der Waals surface area contributed by atoms with Crippen molar-refractivity contribution < 1.29 is 9.15 Å². The minimum absolute atomic E-state index is 0.0346. The van der Waals surface area contributed by atoms with Crippen molar-refractivity contribution >= 4 is 55.2 Å². The predicted molar refractivity (Wildman–Crippen MR) is 151 cm³/mol. The Morgan fingerprint density at radius 3 is 2.43 bits per heavy atom. The van der Waals surface area contributed by atoms with E-state index in [9.17, 15) is 0 Å². The molecule has 4 aromatic carbocycles. The summed E-state index contributed by atoms with van der Waals surface area (Å²) in [5, 5.41) is 6.14. The molecule has 3 heteroatoms. The largest absolute Gasteiger partial charge is 0.483 e. The van der Waals surface area contributed by atoms with Crippen LogP contribution in [-0.4, -0.2) is 4.40 Å². The predicted octanol–water partition coefficient (Wildman–Crippen LogP) is 9.12. The minimum atomic E-state index is -0.0682. The van der Waals surface area contributed by atoms with E-state index in [0.717, 1.165) is 33.2 Å². The molecule has 0 fully saturated rings. The molecule has 2 unspecified atom stereocenters. The van der Waals surface area contributed by atoms with E-state index in [1.54, 1.807) is 0 Å². The molecule has 178 valence electrons. The van der Waals surface area contributed by atoms with Gasteiger partial charge in [0, 0.05) is 44.0 Å². The highest BCUT2D eigenvalue weighted by atomic mass is 16.5. The van der Waals surface area contributed by atoms with Crippen LogP contribution in [0.4, 0.5) is 0 Å². The van der Waals surface area contributed by atoms with E-state index in [4.69, 9.17) is 9.15 Å². The van der Waals surface area contributed by atoms with Crippen molar-refractivity contribution in [1.82, 2.24) is 4.40 Å². The molecule has 0 bridgehead atoms. The van der Waals surface area contributed by atoms with Crippen molar-refractivity contribution in [2.24, 2.45) is 0 Å². The first-order valence-corrected chi connectivity index (χ1v) is 13.1. The van der Waals surface area contributed by atoms with Gasteiger partial charge in [-0.25, -0.2) is 0 Å². The van der Waals surface area contributed by atoms with Gasteiger partial charge in [0.1, 0.15) is 17.4 Å². The standard InChI is InChI=1S/C34H25NO2/c1-34(2,3)18-16-25-21-12-14-23-19-8-4-6-10-27(19)36-32(23)30(21)35-29(25)26(17-18)22-13-15-24-20-9-5-7-11-28(20)37-33(24)31(22)35/h4-17,23,32H,1-3H3. The number of nitrogens with zero attached hydrogens (tertiary/aromatic N) is 1. The molecule has 0 radical (unpaired) electrons. The van der Waals surface area contributed by atoms with E-state index in [2.05, 4.69) is 104 Å². The SMILES string of the molecule is CC(C)(C)c1cc2c3c(n4c2c(c1)c1ccc2c5ccccc5oc2c14)C1Oc2ccccc2C1C=C3. The Hall–Kier alpha value is -4.24. The molecule has 3 nitrogen and oxygen atoms in total. The van der Waals surface area contributed by atoms with Crippen LogP contribution in [0.2, 0.25) is 0 Å². The Kier molecular flexibility index (Phi) is 3.42. The van der Waals surface area contributed by atoms with E-state index in [1.807, 2.05) is 6.07 Å². The fourth-order valence-electron chi connectivity index (χ4n) is 6.87. The number of aromatic nitrogens is 1. The van der Waals surface area contributed by atoms with E-state index in [0.29, 0.717) is 0 Å². The molecule has 37 heavy (non-hydrogen) atoms. The number of hydrogen-bond donors (Lipinski definition) is 0. The number of hydrogen-bond acceptors (Lipinski definition) is 2. The average molecular weight is 480 g/mol. The van der Waals surface area contributed by atoms with Crippen LogP contribution < -0.4 is 4.74 Å². The third-order valence-corrected chi connectivity index (χ3v) is 8.64. The van der Waals surface area contributed by atoms with Crippen molar-refractivity contribution in [3.63, 3.8) is 0 Å². The number of rotatable bonds is 0. The monoisotopic (exact) mass is 479 g/mol. The summed E-state index contributed by atoms with van der Waals surface area (Å²) in [4.78, 5) is 0. The summed E-state index contributed by atoms with van der Waals surface area (Å²) in [5.74, 6) is 1.19. The van der Waals surface area contributed by atoms with Gasteiger partial charge in [0.05, 0.1) is 16.7 Å². The van der Waals surface area contributed by atoms with E-state index in [1.165, 1.54) is 44.1 Å². The molecule has 7 aromatic rings. The molecule has 0 saturated heterocycles. The second-order valence-corrected chi connectivity index (χ2v) is 11.7. The fraction of sp³-hybridized carbons (Fsp3) is 0.176. The quantitative estimate of drug-likeness (QED) is 0.217. The first kappa shape index (κ1) is 19.9. The highest BCUT2D eigenvalue weighted by Gasteiger charge is 2.41. The zero-order chi connectivity index (χ0) is 24.6. The summed E-state index contributed by atoms with van der Waals surface area (Å²) in [6.07, 6.45) is 4.61. The lowest BCUT2D eigenvalue weighted by Crippen LogP contribution is -2.14. The number of ether oxygens (including phenoxy) is 1. The third kappa shape index (κ3) is 2.33. The van der Waals surface area contributed by atoms with Crippen molar-refractivity contribution in [1.29, 1.82) is 0 Å². The van der Waals surface area contributed by atoms with Gasteiger partial charge in [-0.2, -0.15) is 0 Å². The maximum atomic E-state index is 6.71. The van der Waals surface area contributed by atoms with Crippen molar-refractivity contribution in [2.75, 3.05) is 0 Å². The minimum Gasteiger partial charge on any atom is -0.483 e. The third-order valence-electron chi connectivity index (χ3n) is 8.64. The zero-order valence-corrected chi connectivity index (χ0v) is 21.0. The van der Waals surface area contributed by atoms with Crippen LogP contribution in [0.1, 0.15) is 55.2 Å². The van der Waals surface area contributed by atoms with Crippen LogP contribution >= 0.6 is 0 Å². The van der Waals surface area contributed by atoms with Gasteiger partial charge in [-0.05, 0) is 41.3 Å². The van der Waals surface area contributed by atoms with Gasteiger partial charge in [-0.1, -0.05) is 75.4 Å². The maximum absolute atomic E-state index is 6.71. The summed E-state index contributed by atoms with van der Waals surface area (Å²) in [7, 11) is 0. The van der Waals surface area contributed by atoms with Crippen LogP contribution in [0.25, 0.3) is 55.2 Å². The molecule has 0 spiro atoms. The Balaban J connectivity index is 1.50. The number of fused-ring (bicyclic) bond motifs is 14. The molecule has 1 aliphatic carbocycles. The van der Waals surface area contributed by atoms with Gasteiger partial charge in [0.15, 0.2) is 5.58 Å². The molecule has 1 aliphatic heterocycles. The second kappa shape index (κ2) is 6.36. The number of benzene rings is 4. The first-order chi connectivity index (χ1) is 18.0. The molecule has 2 atom stereocenters. The van der Waals surface area contributed by atoms with Gasteiger partial charge in [-0.15, -0.1) is 0 Å². The van der Waals surface area contributed by atoms with E-state index < -0.39 is 0 Å². The lowest BCUT2D eigenvalue weighted by molar-refractivity contribution is 0.217. The van der Waals surface area contributed by atoms with Gasteiger partial charge < -0.3 is 13.6 Å². The topological polar surface area (TPSA) is 26.8 Å². The van der Waals surface area contributed by atoms with Crippen molar-refractivity contribution in [3.8, 4) is 5.75 Å². The molecular weight excluding hydrogens is 454 g/mol. The lowest BCUT2D eigenvalue weighted by Gasteiger charge is -2.22. The summed E-state index contributed by atoms with van der Waals surface area (Å²) in [6, 6.07) is 26.2. The molecule has 0 amide bonds. The van der Waals surface area contributed by atoms with Gasteiger partial charge in [0.2, 0.25) is 0 Å². The first-order valence-electron chi connectivity index (χ1n) is 13.1. The summed E-state index contributed by atoms with van der Waals surface area (Å²) < 4.78 is 15.8. The van der Waals surface area contributed by atoms with Crippen LogP contribution in [0.3, 0.4) is 0 Å². The van der Waals surface area contributed by atoms with Crippen LogP contribution in [0.15, 0.2) is 83.3 Å². The number of para-hydroxylation sites is 2. The zero-order valence-electron chi connectivity index (χ0n) is 21.0. The normalized spacial score (nSPS) is 18.8. The lowest BCUT2D eigenvalue weighted by atomic mass is 9.83. The van der Waals surface area contributed by atoms with Crippen LogP contribution in [0.5, 0.6) is 5.75 Å². The fourth-order valence-corrected chi connectivity index (χ4v) is 6.87. The summed E-state index contributed by atoms with van der Waals surface area (Å²) >= 11 is 0.